The average Bonchev–Trinajstić information content (AvgIpc) is 3.33. The van der Waals surface area contributed by atoms with E-state index in [1.807, 2.05) is 0 Å². The molecule has 1 saturated heterocycles. The zero-order chi connectivity index (χ0) is 25.3. The molecule has 34 heavy (non-hydrogen) atoms. The van der Waals surface area contributed by atoms with Gasteiger partial charge in [-0.1, -0.05) is 6.92 Å². The average molecular weight is 518 g/mol. The lowest BCUT2D eigenvalue weighted by Crippen LogP contribution is -2.39. The standard InChI is InChI=1S/C19H17F3N4O6S2/c1-11-9-18(11)16(27)25(12-3-5-13(6-4-12)34(31,32)19(20,21)22)17(28)26(18)15-7-8-23-10-14(15)24-33(2,29)30/h3-8,10-11,24H,9H2,1-2H3. The fourth-order valence-corrected chi connectivity index (χ4v) is 5.30. The summed E-state index contributed by atoms with van der Waals surface area (Å²) in [6, 6.07) is 3.67. The van der Waals surface area contributed by atoms with Gasteiger partial charge in [0.05, 0.1) is 34.4 Å². The Bertz CT molecular complexity index is 1410. The number of sulfone groups is 1. The lowest BCUT2D eigenvalue weighted by atomic mass is 10.1. The smallest absolute Gasteiger partial charge is 0.280 e. The first-order chi connectivity index (χ1) is 15.6. The predicted octanol–water partition coefficient (Wildman–Crippen LogP) is 2.50. The van der Waals surface area contributed by atoms with Crippen LogP contribution in [0.4, 0.5) is 35.0 Å². The molecule has 1 saturated carbocycles. The Hall–Kier alpha value is -3.20. The SMILES string of the molecule is CC1CC12C(=O)N(c1ccc(S(=O)(=O)C(F)(F)F)cc1)C(=O)N2c1ccncc1NS(C)(=O)=O. The topological polar surface area (TPSA) is 134 Å². The van der Waals surface area contributed by atoms with Crippen molar-refractivity contribution in [2.45, 2.75) is 29.3 Å². The van der Waals surface area contributed by atoms with Gasteiger partial charge in [-0.25, -0.2) is 26.5 Å². The van der Waals surface area contributed by atoms with E-state index in [1.165, 1.54) is 18.5 Å². The van der Waals surface area contributed by atoms with Crippen LogP contribution in [-0.2, 0) is 24.7 Å². The molecule has 0 radical (unpaired) electrons. The summed E-state index contributed by atoms with van der Waals surface area (Å²) in [5.41, 5.74) is -6.95. The van der Waals surface area contributed by atoms with Crippen LogP contribution in [0.25, 0.3) is 0 Å². The zero-order valence-electron chi connectivity index (χ0n) is 17.6. The number of anilines is 3. The van der Waals surface area contributed by atoms with Crippen LogP contribution in [0.15, 0.2) is 47.6 Å². The molecule has 4 rings (SSSR count). The fourth-order valence-electron chi connectivity index (χ4n) is 3.98. The molecule has 2 aromatic rings. The molecule has 1 aliphatic carbocycles. The first-order valence-corrected chi connectivity index (χ1v) is 13.0. The molecule has 0 bridgehead atoms. The quantitative estimate of drug-likeness (QED) is 0.601. The van der Waals surface area contributed by atoms with Crippen molar-refractivity contribution in [3.05, 3.63) is 42.7 Å². The molecule has 182 valence electrons. The zero-order valence-corrected chi connectivity index (χ0v) is 19.2. The first-order valence-electron chi connectivity index (χ1n) is 9.63. The van der Waals surface area contributed by atoms with Crippen LogP contribution in [0.3, 0.4) is 0 Å². The summed E-state index contributed by atoms with van der Waals surface area (Å²) in [5.74, 6) is -0.975. The summed E-state index contributed by atoms with van der Waals surface area (Å²) in [6.45, 7) is 1.71. The number of amides is 3. The second-order valence-electron chi connectivity index (χ2n) is 8.00. The van der Waals surface area contributed by atoms with Gasteiger partial charge < -0.3 is 0 Å². The Kier molecular flexibility index (Phi) is 5.21. The minimum absolute atomic E-state index is 0.0434. The van der Waals surface area contributed by atoms with Gasteiger partial charge in [0.15, 0.2) is 0 Å². The van der Waals surface area contributed by atoms with Crippen molar-refractivity contribution in [2.24, 2.45) is 5.92 Å². The number of hydrogen-bond donors (Lipinski definition) is 1. The molecule has 2 atom stereocenters. The maximum absolute atomic E-state index is 13.4. The first kappa shape index (κ1) is 23.9. The van der Waals surface area contributed by atoms with E-state index >= 15 is 0 Å². The van der Waals surface area contributed by atoms with Crippen LogP contribution in [0.2, 0.25) is 0 Å². The second-order valence-corrected chi connectivity index (χ2v) is 11.7. The highest BCUT2D eigenvalue weighted by molar-refractivity contribution is 7.92. The Morgan fingerprint density at radius 1 is 1.09 bits per heavy atom. The van der Waals surface area contributed by atoms with Crippen molar-refractivity contribution >= 4 is 48.9 Å². The molecule has 1 aromatic carbocycles. The molecule has 1 aliphatic heterocycles. The highest BCUT2D eigenvalue weighted by Crippen LogP contribution is 2.56. The number of alkyl halides is 3. The van der Waals surface area contributed by atoms with Crippen molar-refractivity contribution in [2.75, 3.05) is 20.8 Å². The van der Waals surface area contributed by atoms with E-state index in [0.717, 1.165) is 28.2 Å². The van der Waals surface area contributed by atoms with Gasteiger partial charge in [-0.05, 0) is 42.7 Å². The summed E-state index contributed by atoms with van der Waals surface area (Å²) in [7, 11) is -9.37. The van der Waals surface area contributed by atoms with Gasteiger partial charge in [0.1, 0.15) is 5.54 Å². The Balaban J connectivity index is 1.77. The lowest BCUT2D eigenvalue weighted by Gasteiger charge is -2.24. The third-order valence-electron chi connectivity index (χ3n) is 5.67. The van der Waals surface area contributed by atoms with Gasteiger partial charge in [-0.2, -0.15) is 13.2 Å². The van der Waals surface area contributed by atoms with Crippen LogP contribution >= 0.6 is 0 Å². The van der Waals surface area contributed by atoms with E-state index in [4.69, 9.17) is 0 Å². The highest BCUT2D eigenvalue weighted by atomic mass is 32.2. The van der Waals surface area contributed by atoms with Gasteiger partial charge in [0.25, 0.3) is 15.7 Å². The molecule has 2 fully saturated rings. The van der Waals surface area contributed by atoms with E-state index in [-0.39, 0.29) is 29.4 Å². The Labute approximate surface area is 192 Å². The molecule has 1 aromatic heterocycles. The normalized spacial score (nSPS) is 23.0. The number of nitrogens with one attached hydrogen (secondary N) is 1. The summed E-state index contributed by atoms with van der Waals surface area (Å²) >= 11 is 0. The summed E-state index contributed by atoms with van der Waals surface area (Å²) in [4.78, 5) is 31.4. The van der Waals surface area contributed by atoms with Crippen molar-refractivity contribution in [1.29, 1.82) is 0 Å². The molecule has 10 nitrogen and oxygen atoms in total. The number of urea groups is 1. The number of hydrogen-bond acceptors (Lipinski definition) is 7. The van der Waals surface area contributed by atoms with E-state index in [9.17, 15) is 39.6 Å². The number of pyridine rings is 1. The van der Waals surface area contributed by atoms with Crippen LogP contribution in [0, 0.1) is 5.92 Å². The van der Waals surface area contributed by atoms with Crippen LogP contribution in [-0.4, -0.2) is 51.1 Å². The van der Waals surface area contributed by atoms with E-state index in [1.54, 1.807) is 6.92 Å². The Morgan fingerprint density at radius 2 is 1.68 bits per heavy atom. The molecule has 2 aliphatic rings. The lowest BCUT2D eigenvalue weighted by molar-refractivity contribution is -0.119. The molecule has 2 heterocycles. The van der Waals surface area contributed by atoms with Crippen molar-refractivity contribution in [3.8, 4) is 0 Å². The van der Waals surface area contributed by atoms with Crippen molar-refractivity contribution < 1.29 is 39.6 Å². The number of aromatic nitrogens is 1. The fraction of sp³-hybridized carbons (Fsp3) is 0.316. The number of rotatable bonds is 5. The number of imide groups is 1. The molecule has 2 unspecified atom stereocenters. The summed E-state index contributed by atoms with van der Waals surface area (Å²) < 4.78 is 87.5. The van der Waals surface area contributed by atoms with Crippen LogP contribution in [0.1, 0.15) is 13.3 Å². The third-order valence-corrected chi connectivity index (χ3v) is 7.76. The third kappa shape index (κ3) is 3.58. The maximum atomic E-state index is 13.4. The Morgan fingerprint density at radius 3 is 2.18 bits per heavy atom. The van der Waals surface area contributed by atoms with Crippen molar-refractivity contribution in [3.63, 3.8) is 0 Å². The summed E-state index contributed by atoms with van der Waals surface area (Å²) in [5, 5.41) is 0. The highest BCUT2D eigenvalue weighted by Gasteiger charge is 2.71. The number of halogens is 3. The van der Waals surface area contributed by atoms with Crippen LogP contribution < -0.4 is 14.5 Å². The molecular formula is C19H17F3N4O6S2. The number of carbonyl (C=O) groups excluding carboxylic acids is 2. The monoisotopic (exact) mass is 518 g/mol. The molecule has 1 N–H and O–H groups in total. The number of sulfonamides is 1. The maximum Gasteiger partial charge on any atom is 0.501 e. The minimum Gasteiger partial charge on any atom is -0.280 e. The number of nitrogens with zero attached hydrogens (tertiary/aromatic N) is 3. The molecule has 3 amide bonds. The van der Waals surface area contributed by atoms with Gasteiger partial charge in [0, 0.05) is 6.20 Å². The van der Waals surface area contributed by atoms with Gasteiger partial charge in [-0.15, -0.1) is 0 Å². The largest absolute Gasteiger partial charge is 0.501 e. The van der Waals surface area contributed by atoms with Gasteiger partial charge >= 0.3 is 11.5 Å². The van der Waals surface area contributed by atoms with Gasteiger partial charge in [-0.3, -0.25) is 19.4 Å². The van der Waals surface area contributed by atoms with Crippen LogP contribution in [0.5, 0.6) is 0 Å². The van der Waals surface area contributed by atoms with Gasteiger partial charge in [0.2, 0.25) is 10.0 Å². The number of carbonyl (C=O) groups is 2. The van der Waals surface area contributed by atoms with Crippen molar-refractivity contribution in [1.82, 2.24) is 4.98 Å². The number of benzene rings is 1. The molecular weight excluding hydrogens is 501 g/mol. The second kappa shape index (κ2) is 7.40. The molecule has 15 heteroatoms. The van der Waals surface area contributed by atoms with E-state index in [2.05, 4.69) is 9.71 Å². The molecule has 1 spiro atoms. The van der Waals surface area contributed by atoms with E-state index in [0.29, 0.717) is 12.1 Å². The minimum atomic E-state index is -5.61. The van der Waals surface area contributed by atoms with E-state index < -0.39 is 47.7 Å². The summed E-state index contributed by atoms with van der Waals surface area (Å²) in [6.07, 6.45) is 3.64. The predicted molar refractivity (Wildman–Crippen MR) is 114 cm³/mol.